The molecule has 4 unspecified atom stereocenters. The van der Waals surface area contributed by atoms with Gasteiger partial charge in [-0.2, -0.15) is 0 Å². The molecule has 0 saturated heterocycles. The van der Waals surface area contributed by atoms with E-state index in [1.807, 2.05) is 6.20 Å². The first-order valence-electron chi connectivity index (χ1n) is 8.58. The first kappa shape index (κ1) is 15.5. The van der Waals surface area contributed by atoms with E-state index in [0.717, 1.165) is 11.8 Å². The molecule has 0 aromatic carbocycles. The van der Waals surface area contributed by atoms with E-state index < -0.39 is 0 Å². The van der Waals surface area contributed by atoms with E-state index in [2.05, 4.69) is 48.8 Å². The third kappa shape index (κ3) is 2.93. The number of halogens is 1. The van der Waals surface area contributed by atoms with Gasteiger partial charge in [0.25, 0.3) is 0 Å². The number of fused-ring (bicyclic) bond motifs is 1. The van der Waals surface area contributed by atoms with Crippen LogP contribution in [0.2, 0.25) is 0 Å². The first-order valence-corrected chi connectivity index (χ1v) is 9.49. The second-order valence-corrected chi connectivity index (χ2v) is 9.03. The van der Waals surface area contributed by atoms with Crippen LogP contribution >= 0.6 is 15.9 Å². The van der Waals surface area contributed by atoms with Crippen LogP contribution in [0.3, 0.4) is 0 Å². The van der Waals surface area contributed by atoms with E-state index in [9.17, 15) is 0 Å². The Balaban J connectivity index is 1.88. The third-order valence-corrected chi connectivity index (χ3v) is 7.10. The van der Waals surface area contributed by atoms with E-state index in [1.165, 1.54) is 49.8 Å². The number of hydrogen-bond donors (Lipinski definition) is 0. The minimum absolute atomic E-state index is 0.331. The summed E-state index contributed by atoms with van der Waals surface area (Å²) in [6.07, 6.45) is 9.92. The lowest BCUT2D eigenvalue weighted by molar-refractivity contribution is 0.104. The predicted octanol–water partition coefficient (Wildman–Crippen LogP) is 5.73. The molecule has 2 aliphatic carbocycles. The summed E-state index contributed by atoms with van der Waals surface area (Å²) >= 11 is 4.02. The molecule has 0 bridgehead atoms. The van der Waals surface area contributed by atoms with E-state index in [4.69, 9.17) is 4.98 Å². The van der Waals surface area contributed by atoms with Crippen molar-refractivity contribution in [2.75, 3.05) is 0 Å². The maximum absolute atomic E-state index is 4.79. The van der Waals surface area contributed by atoms with Crippen LogP contribution in [-0.2, 0) is 6.42 Å². The Labute approximate surface area is 138 Å². The fourth-order valence-corrected chi connectivity index (χ4v) is 6.33. The Bertz CT molecular complexity index is 496. The molecule has 4 atom stereocenters. The van der Waals surface area contributed by atoms with E-state index in [1.54, 1.807) is 0 Å². The largest absolute Gasteiger partial charge is 0.261 e. The van der Waals surface area contributed by atoms with Crippen molar-refractivity contribution in [2.45, 2.75) is 70.0 Å². The number of pyridine rings is 1. The molecule has 3 rings (SSSR count). The molecule has 116 valence electrons. The number of nitrogens with zero attached hydrogens (tertiary/aromatic N) is 1. The fourth-order valence-electron chi connectivity index (χ4n) is 4.74. The lowest BCUT2D eigenvalue weighted by atomic mass is 9.60. The zero-order valence-corrected chi connectivity index (χ0v) is 15.2. The normalized spacial score (nSPS) is 33.5. The molecule has 1 aromatic rings. The molecule has 1 nitrogen and oxygen atoms in total. The van der Waals surface area contributed by atoms with Gasteiger partial charge >= 0.3 is 0 Å². The second-order valence-electron chi connectivity index (χ2n) is 7.85. The molecule has 21 heavy (non-hydrogen) atoms. The highest BCUT2D eigenvalue weighted by Gasteiger charge is 2.44. The van der Waals surface area contributed by atoms with Gasteiger partial charge in [-0.05, 0) is 61.0 Å². The molecule has 0 amide bonds. The minimum Gasteiger partial charge on any atom is -0.261 e. The number of aromatic nitrogens is 1. The Kier molecular flexibility index (Phi) is 4.45. The van der Waals surface area contributed by atoms with Gasteiger partial charge in [0.05, 0.1) is 0 Å². The van der Waals surface area contributed by atoms with Crippen LogP contribution < -0.4 is 0 Å². The van der Waals surface area contributed by atoms with Crippen molar-refractivity contribution in [3.8, 4) is 0 Å². The number of aryl methyl sites for hydroxylation is 1. The van der Waals surface area contributed by atoms with Gasteiger partial charge in [-0.1, -0.05) is 49.2 Å². The van der Waals surface area contributed by atoms with Crippen LogP contribution in [0.5, 0.6) is 0 Å². The van der Waals surface area contributed by atoms with Crippen LogP contribution in [0.1, 0.15) is 70.1 Å². The van der Waals surface area contributed by atoms with Gasteiger partial charge in [-0.15, -0.1) is 0 Å². The van der Waals surface area contributed by atoms with Gasteiger partial charge in [-0.25, -0.2) is 0 Å². The minimum atomic E-state index is 0.331. The van der Waals surface area contributed by atoms with Crippen LogP contribution in [0.4, 0.5) is 0 Å². The van der Waals surface area contributed by atoms with Gasteiger partial charge < -0.3 is 0 Å². The summed E-state index contributed by atoms with van der Waals surface area (Å²) in [4.78, 5) is 5.46. The zero-order chi connectivity index (χ0) is 15.0. The highest BCUT2D eigenvalue weighted by molar-refractivity contribution is 9.09. The highest BCUT2D eigenvalue weighted by Crippen LogP contribution is 2.53. The van der Waals surface area contributed by atoms with E-state index in [-0.39, 0.29) is 0 Å². The number of alkyl halides is 1. The summed E-state index contributed by atoms with van der Waals surface area (Å²) in [5.74, 6) is 2.27. The third-order valence-electron chi connectivity index (χ3n) is 6.08. The van der Waals surface area contributed by atoms with Gasteiger partial charge in [0, 0.05) is 22.6 Å². The quantitative estimate of drug-likeness (QED) is 0.621. The van der Waals surface area contributed by atoms with Crippen LogP contribution in [-0.4, -0.2) is 9.81 Å². The molecule has 0 aliphatic heterocycles. The van der Waals surface area contributed by atoms with Crippen molar-refractivity contribution in [3.63, 3.8) is 0 Å². The van der Waals surface area contributed by atoms with E-state index >= 15 is 0 Å². The summed E-state index contributed by atoms with van der Waals surface area (Å²) in [7, 11) is 0. The van der Waals surface area contributed by atoms with E-state index in [0.29, 0.717) is 16.2 Å². The first-order chi connectivity index (χ1) is 10.00. The molecule has 0 N–H and O–H groups in total. The molecule has 1 aromatic heterocycles. The Hall–Kier alpha value is -0.370. The smallest absolute Gasteiger partial charge is 0.0471 e. The summed E-state index contributed by atoms with van der Waals surface area (Å²) in [6, 6.07) is 4.39. The molecule has 2 heteroatoms. The highest BCUT2D eigenvalue weighted by atomic mass is 79.9. The number of hydrogen-bond acceptors (Lipinski definition) is 1. The topological polar surface area (TPSA) is 12.9 Å². The van der Waals surface area contributed by atoms with Crippen LogP contribution in [0.25, 0.3) is 0 Å². The lowest BCUT2D eigenvalue weighted by Crippen LogP contribution is -2.40. The Morgan fingerprint density at radius 3 is 2.81 bits per heavy atom. The Morgan fingerprint density at radius 2 is 2.05 bits per heavy atom. The molecule has 0 spiro atoms. The molecule has 1 fully saturated rings. The summed E-state index contributed by atoms with van der Waals surface area (Å²) in [5.41, 5.74) is 3.22. The van der Waals surface area contributed by atoms with Gasteiger partial charge in [0.15, 0.2) is 0 Å². The molecule has 1 heterocycles. The predicted molar refractivity (Wildman–Crippen MR) is 92.9 cm³/mol. The molecule has 1 saturated carbocycles. The average Bonchev–Trinajstić information content (AvgIpc) is 2.46. The zero-order valence-electron chi connectivity index (χ0n) is 13.6. The van der Waals surface area contributed by atoms with Crippen molar-refractivity contribution < 1.29 is 0 Å². The van der Waals surface area contributed by atoms with Crippen molar-refractivity contribution in [2.24, 2.45) is 17.3 Å². The van der Waals surface area contributed by atoms with Crippen LogP contribution in [0.15, 0.2) is 18.3 Å². The Morgan fingerprint density at radius 1 is 1.24 bits per heavy atom. The summed E-state index contributed by atoms with van der Waals surface area (Å²) < 4.78 is 0. The second kappa shape index (κ2) is 6.02. The maximum atomic E-state index is 4.79. The lowest BCUT2D eigenvalue weighted by Gasteiger charge is -2.47. The molecular formula is C19H28BrN. The van der Waals surface area contributed by atoms with Gasteiger partial charge in [0.2, 0.25) is 0 Å². The monoisotopic (exact) mass is 349 g/mol. The van der Waals surface area contributed by atoms with Crippen molar-refractivity contribution in [1.29, 1.82) is 0 Å². The van der Waals surface area contributed by atoms with Crippen LogP contribution in [0, 0.1) is 17.3 Å². The SMILES string of the molecule is CC1CCC(C(C)(C)C2CCCc3cccnc32)C(Br)C1. The molecule has 0 radical (unpaired) electrons. The maximum Gasteiger partial charge on any atom is 0.0471 e. The van der Waals surface area contributed by atoms with Crippen molar-refractivity contribution >= 4 is 15.9 Å². The van der Waals surface area contributed by atoms with Gasteiger partial charge in [0.1, 0.15) is 0 Å². The fraction of sp³-hybridized carbons (Fsp3) is 0.737. The average molecular weight is 350 g/mol. The summed E-state index contributed by atoms with van der Waals surface area (Å²) in [6.45, 7) is 7.39. The molecular weight excluding hydrogens is 322 g/mol. The standard InChI is InChI=1S/C19H28BrN/c1-13-9-10-15(17(20)12-13)19(2,3)16-8-4-6-14-7-5-11-21-18(14)16/h5,7,11,13,15-17H,4,6,8-10,12H2,1-3H3. The summed E-state index contributed by atoms with van der Waals surface area (Å²) in [5, 5.41) is 0. The van der Waals surface area contributed by atoms with Crippen molar-refractivity contribution in [1.82, 2.24) is 4.98 Å². The number of rotatable bonds is 2. The van der Waals surface area contributed by atoms with Gasteiger partial charge in [-0.3, -0.25) is 4.98 Å². The van der Waals surface area contributed by atoms with Crippen molar-refractivity contribution in [3.05, 3.63) is 29.6 Å². The molecule has 2 aliphatic rings.